The molecule has 0 amide bonds. The van der Waals surface area contributed by atoms with E-state index in [0.29, 0.717) is 17.5 Å². The van der Waals surface area contributed by atoms with Gasteiger partial charge in [0.05, 0.1) is 0 Å². The normalized spacial score (nSPS) is 13.1. The summed E-state index contributed by atoms with van der Waals surface area (Å²) in [5.74, 6) is 2.62. The van der Waals surface area contributed by atoms with E-state index in [1.54, 1.807) is 0 Å². The van der Waals surface area contributed by atoms with Gasteiger partial charge in [-0.2, -0.15) is 0 Å². The lowest BCUT2D eigenvalue weighted by Gasteiger charge is -2.39. The number of hydrogen-bond acceptors (Lipinski definition) is 4. The largest absolute Gasteiger partial charge is 0.472 e. The van der Waals surface area contributed by atoms with E-state index in [4.69, 9.17) is 19.7 Å². The number of rotatable bonds is 4. The van der Waals surface area contributed by atoms with Crippen LogP contribution < -0.4 is 4.74 Å². The van der Waals surface area contributed by atoms with E-state index < -0.39 is 5.60 Å². The predicted octanol–water partition coefficient (Wildman–Crippen LogP) is 10.9. The molecule has 1 aliphatic heterocycles. The summed E-state index contributed by atoms with van der Waals surface area (Å²) in [6.45, 7) is 0. The summed E-state index contributed by atoms with van der Waals surface area (Å²) in [5, 5.41) is 0. The van der Waals surface area contributed by atoms with Gasteiger partial charge in [-0.1, -0.05) is 164 Å². The first-order valence-electron chi connectivity index (χ1n) is 16.9. The summed E-state index contributed by atoms with van der Waals surface area (Å²) in [5.41, 5.74) is 12.1. The number of nitrogens with zero attached hydrogens (tertiary/aromatic N) is 3. The molecule has 234 valence electrons. The summed E-state index contributed by atoms with van der Waals surface area (Å²) < 4.78 is 7.35. The average molecular weight is 640 g/mol. The monoisotopic (exact) mass is 639 g/mol. The lowest BCUT2D eigenvalue weighted by Crippen LogP contribution is -2.37. The number of hydrogen-bond donors (Lipinski definition) is 0. The third-order valence-electron chi connectivity index (χ3n) is 9.90. The molecule has 0 saturated carbocycles. The lowest BCUT2D eigenvalue weighted by atomic mass is 9.77. The fraction of sp³-hybridized carbons (Fsp3) is 0.0217. The molecule has 1 aromatic heterocycles. The van der Waals surface area contributed by atoms with Crippen molar-refractivity contribution in [1.82, 2.24) is 15.0 Å². The van der Waals surface area contributed by atoms with Gasteiger partial charge in [0.1, 0.15) is 5.75 Å². The Balaban J connectivity index is 1.19. The first kappa shape index (κ1) is 28.4. The maximum Gasteiger partial charge on any atom is 0.186 e. The van der Waals surface area contributed by atoms with Gasteiger partial charge in [0, 0.05) is 38.9 Å². The van der Waals surface area contributed by atoms with Gasteiger partial charge in [-0.25, -0.2) is 15.0 Å². The highest BCUT2D eigenvalue weighted by molar-refractivity contribution is 5.93. The molecule has 0 unspecified atom stereocenters. The average Bonchev–Trinajstić information content (AvgIpc) is 3.48. The second-order valence-electron chi connectivity index (χ2n) is 12.7. The van der Waals surface area contributed by atoms with E-state index in [1.165, 1.54) is 11.1 Å². The second kappa shape index (κ2) is 11.2. The van der Waals surface area contributed by atoms with Crippen molar-refractivity contribution < 1.29 is 4.74 Å². The topological polar surface area (TPSA) is 47.9 Å². The third-order valence-corrected chi connectivity index (χ3v) is 9.90. The zero-order valence-corrected chi connectivity index (χ0v) is 27.0. The Kier molecular flexibility index (Phi) is 6.36. The van der Waals surface area contributed by atoms with E-state index >= 15 is 0 Å². The highest BCUT2D eigenvalue weighted by Crippen LogP contribution is 2.59. The van der Waals surface area contributed by atoms with E-state index in [0.717, 1.165) is 61.4 Å². The Morgan fingerprint density at radius 3 is 1.48 bits per heavy atom. The summed E-state index contributed by atoms with van der Waals surface area (Å²) in [6, 6.07) is 61.0. The van der Waals surface area contributed by atoms with Crippen LogP contribution in [-0.2, 0) is 5.60 Å². The van der Waals surface area contributed by atoms with Crippen molar-refractivity contribution in [3.05, 3.63) is 193 Å². The highest BCUT2D eigenvalue weighted by Gasteiger charge is 2.50. The van der Waals surface area contributed by atoms with Crippen molar-refractivity contribution in [2.45, 2.75) is 5.60 Å². The second-order valence-corrected chi connectivity index (χ2v) is 12.7. The zero-order chi connectivity index (χ0) is 33.1. The Labute approximate surface area is 290 Å². The first-order valence-corrected chi connectivity index (χ1v) is 16.9. The third kappa shape index (κ3) is 4.28. The lowest BCUT2D eigenvalue weighted by molar-refractivity contribution is 0.157. The molecule has 10 rings (SSSR count). The van der Waals surface area contributed by atoms with Crippen LogP contribution in [0.4, 0.5) is 0 Å². The van der Waals surface area contributed by atoms with Gasteiger partial charge in [-0.15, -0.1) is 0 Å². The molecule has 0 atom stereocenters. The molecule has 0 bridgehead atoms. The maximum absolute atomic E-state index is 7.35. The van der Waals surface area contributed by atoms with E-state index in [1.807, 2.05) is 42.5 Å². The SMILES string of the molecule is c1ccc(-c2cccc(-c3nc(-c4ccccc4)nc(-c4cccc5c4-c4ccccc4C4(O5)c5ccccc5-c5ccccc54)n3)c2)cc1. The maximum atomic E-state index is 7.35. The Hall–Kier alpha value is -6.65. The van der Waals surface area contributed by atoms with Crippen molar-refractivity contribution in [3.63, 3.8) is 0 Å². The molecule has 1 spiro atoms. The molecule has 4 nitrogen and oxygen atoms in total. The minimum atomic E-state index is -0.785. The van der Waals surface area contributed by atoms with E-state index in [9.17, 15) is 0 Å². The van der Waals surface area contributed by atoms with Gasteiger partial charge in [0.25, 0.3) is 0 Å². The van der Waals surface area contributed by atoms with Crippen LogP contribution in [0.2, 0.25) is 0 Å². The fourth-order valence-corrected chi connectivity index (χ4v) is 7.71. The molecule has 0 fully saturated rings. The Bertz CT molecular complexity index is 2530. The van der Waals surface area contributed by atoms with Gasteiger partial charge in [-0.05, 0) is 39.9 Å². The number of fused-ring (bicyclic) bond motifs is 9. The smallest absolute Gasteiger partial charge is 0.186 e. The van der Waals surface area contributed by atoms with Crippen molar-refractivity contribution >= 4 is 0 Å². The minimum absolute atomic E-state index is 0.595. The van der Waals surface area contributed by atoms with Crippen LogP contribution in [0.15, 0.2) is 176 Å². The van der Waals surface area contributed by atoms with Gasteiger partial charge < -0.3 is 4.74 Å². The number of ether oxygens (including phenoxy) is 1. The molecular weight excluding hydrogens is 611 g/mol. The summed E-state index contributed by atoms with van der Waals surface area (Å²) >= 11 is 0. The van der Waals surface area contributed by atoms with Gasteiger partial charge >= 0.3 is 0 Å². The fourth-order valence-electron chi connectivity index (χ4n) is 7.71. The standard InChI is InChI=1S/C46H29N3O/c1-3-15-30(16-4-1)32-19-13-20-33(29-32)44-47-43(31-17-5-2-6-18-31)48-45(49-44)37-24-14-28-41-42(37)36-23-9-12-27-40(36)46(50-41)38-25-10-7-21-34(38)35-22-8-11-26-39(35)46/h1-29H. The number of benzene rings is 7. The molecule has 50 heavy (non-hydrogen) atoms. The van der Waals surface area contributed by atoms with Crippen molar-refractivity contribution in [2.24, 2.45) is 0 Å². The summed E-state index contributed by atoms with van der Waals surface area (Å²) in [6.07, 6.45) is 0. The van der Waals surface area contributed by atoms with Crippen molar-refractivity contribution in [2.75, 3.05) is 0 Å². The quantitative estimate of drug-likeness (QED) is 0.192. The van der Waals surface area contributed by atoms with Crippen LogP contribution in [0.25, 0.3) is 67.5 Å². The molecule has 2 heterocycles. The van der Waals surface area contributed by atoms with Gasteiger partial charge in [0.2, 0.25) is 0 Å². The highest BCUT2D eigenvalue weighted by atomic mass is 16.5. The Morgan fingerprint density at radius 1 is 0.340 bits per heavy atom. The molecule has 0 saturated heterocycles. The summed E-state index contributed by atoms with van der Waals surface area (Å²) in [4.78, 5) is 15.4. The molecule has 1 aliphatic carbocycles. The Morgan fingerprint density at radius 2 is 0.800 bits per heavy atom. The molecule has 0 N–H and O–H groups in total. The van der Waals surface area contributed by atoms with Gasteiger partial charge in [0.15, 0.2) is 23.1 Å². The molecule has 2 aliphatic rings. The van der Waals surface area contributed by atoms with E-state index in [2.05, 4.69) is 133 Å². The van der Waals surface area contributed by atoms with Crippen LogP contribution in [0, 0.1) is 0 Å². The van der Waals surface area contributed by atoms with E-state index in [-0.39, 0.29) is 0 Å². The van der Waals surface area contributed by atoms with Crippen molar-refractivity contribution in [3.8, 4) is 73.3 Å². The molecular formula is C46H29N3O. The summed E-state index contributed by atoms with van der Waals surface area (Å²) in [7, 11) is 0. The van der Waals surface area contributed by atoms with Crippen LogP contribution in [-0.4, -0.2) is 15.0 Å². The number of aromatic nitrogens is 3. The van der Waals surface area contributed by atoms with Gasteiger partial charge in [-0.3, -0.25) is 0 Å². The zero-order valence-electron chi connectivity index (χ0n) is 27.0. The molecule has 0 radical (unpaired) electrons. The van der Waals surface area contributed by atoms with Crippen molar-refractivity contribution in [1.29, 1.82) is 0 Å². The predicted molar refractivity (Wildman–Crippen MR) is 199 cm³/mol. The van der Waals surface area contributed by atoms with Crippen LogP contribution in [0.5, 0.6) is 5.75 Å². The molecule has 4 heteroatoms. The molecule has 7 aromatic carbocycles. The first-order chi connectivity index (χ1) is 24.8. The minimum Gasteiger partial charge on any atom is -0.472 e. The van der Waals surface area contributed by atoms with Crippen LogP contribution in [0.3, 0.4) is 0 Å². The van der Waals surface area contributed by atoms with Crippen LogP contribution in [0.1, 0.15) is 16.7 Å². The molecule has 8 aromatic rings. The van der Waals surface area contributed by atoms with Crippen LogP contribution >= 0.6 is 0 Å².